The number of non-ortho nitro benzene ring substituents is 1. The van der Waals surface area contributed by atoms with E-state index in [-0.39, 0.29) is 11.3 Å². The Bertz CT molecular complexity index is 698. The van der Waals surface area contributed by atoms with Gasteiger partial charge in [0.1, 0.15) is 0 Å². The first-order chi connectivity index (χ1) is 10.1. The average Bonchev–Trinajstić information content (AvgIpc) is 2.53. The van der Waals surface area contributed by atoms with Crippen molar-refractivity contribution < 1.29 is 9.72 Å². The smallest absolute Gasteiger partial charge is 0.267 e. The summed E-state index contributed by atoms with van der Waals surface area (Å²) in [5.41, 5.74) is 3.55. The number of benzene rings is 1. The molecule has 1 aromatic heterocycles. The third-order valence-corrected chi connectivity index (χ3v) is 2.68. The van der Waals surface area contributed by atoms with Crippen LogP contribution < -0.4 is 5.43 Å². The number of rotatable bonds is 4. The van der Waals surface area contributed by atoms with E-state index < -0.39 is 10.8 Å². The Morgan fingerprint density at radius 2 is 2.10 bits per heavy atom. The summed E-state index contributed by atoms with van der Waals surface area (Å²) in [7, 11) is 0. The van der Waals surface area contributed by atoms with Gasteiger partial charge in [0, 0.05) is 23.9 Å². The first-order valence-electron chi connectivity index (χ1n) is 6.08. The van der Waals surface area contributed by atoms with Gasteiger partial charge in [0.05, 0.1) is 16.3 Å². The number of hydrazone groups is 1. The topological polar surface area (TPSA) is 97.5 Å². The highest BCUT2D eigenvalue weighted by atomic mass is 16.6. The Labute approximate surface area is 120 Å². The third-order valence-electron chi connectivity index (χ3n) is 2.68. The number of carbonyl (C=O) groups excluding carboxylic acids is 1. The van der Waals surface area contributed by atoms with Crippen molar-refractivity contribution in [3.8, 4) is 0 Å². The van der Waals surface area contributed by atoms with Crippen molar-refractivity contribution in [1.29, 1.82) is 0 Å². The molecule has 0 aliphatic carbocycles. The van der Waals surface area contributed by atoms with Gasteiger partial charge < -0.3 is 0 Å². The van der Waals surface area contributed by atoms with Crippen molar-refractivity contribution in [2.75, 3.05) is 0 Å². The Hall–Kier alpha value is -3.09. The van der Waals surface area contributed by atoms with Crippen LogP contribution in [0.15, 0.2) is 53.8 Å². The number of carbonyl (C=O) groups is 1. The molecule has 2 rings (SSSR count). The highest BCUT2D eigenvalue weighted by Gasteiger charge is 2.11. The van der Waals surface area contributed by atoms with Crippen LogP contribution in [0.4, 0.5) is 5.69 Å². The number of amides is 1. The molecule has 0 spiro atoms. The predicted molar refractivity (Wildman–Crippen MR) is 77.0 cm³/mol. The van der Waals surface area contributed by atoms with Crippen LogP contribution in [0.2, 0.25) is 0 Å². The Balaban J connectivity index is 2.12. The summed E-state index contributed by atoms with van der Waals surface area (Å²) >= 11 is 0. The first kappa shape index (κ1) is 14.3. The summed E-state index contributed by atoms with van der Waals surface area (Å²) in [5.74, 6) is -0.519. The molecule has 0 unspecified atom stereocenters. The molecule has 2 aromatic rings. The minimum Gasteiger partial charge on any atom is -0.267 e. The van der Waals surface area contributed by atoms with Gasteiger partial charge in [0.15, 0.2) is 0 Å². The molecule has 0 saturated carbocycles. The lowest BCUT2D eigenvalue weighted by atomic mass is 10.2. The molecule has 7 heteroatoms. The van der Waals surface area contributed by atoms with E-state index in [4.69, 9.17) is 0 Å². The van der Waals surface area contributed by atoms with Crippen LogP contribution >= 0.6 is 0 Å². The number of nitrogens with zero attached hydrogens (tertiary/aromatic N) is 3. The minimum atomic E-state index is -0.556. The van der Waals surface area contributed by atoms with E-state index in [9.17, 15) is 14.9 Å². The minimum absolute atomic E-state index is 0.145. The van der Waals surface area contributed by atoms with Crippen molar-refractivity contribution in [2.45, 2.75) is 6.92 Å². The fourth-order valence-corrected chi connectivity index (χ4v) is 1.59. The molecule has 0 aliphatic rings. The maximum atomic E-state index is 11.9. The van der Waals surface area contributed by atoms with E-state index in [0.29, 0.717) is 11.4 Å². The molecule has 0 bridgehead atoms. The number of hydrogen-bond acceptors (Lipinski definition) is 5. The maximum absolute atomic E-state index is 11.9. The lowest BCUT2D eigenvalue weighted by molar-refractivity contribution is -0.384. The number of nitro groups is 1. The van der Waals surface area contributed by atoms with Crippen LogP contribution in [0, 0.1) is 10.1 Å². The second-order valence-corrected chi connectivity index (χ2v) is 4.16. The van der Waals surface area contributed by atoms with Gasteiger partial charge in [-0.1, -0.05) is 12.1 Å². The molecule has 21 heavy (non-hydrogen) atoms. The summed E-state index contributed by atoms with van der Waals surface area (Å²) in [4.78, 5) is 26.1. The molecule has 1 aromatic carbocycles. The third kappa shape index (κ3) is 3.69. The summed E-state index contributed by atoms with van der Waals surface area (Å²) in [6, 6.07) is 10.8. The van der Waals surface area contributed by atoms with E-state index in [1.807, 2.05) is 6.07 Å². The van der Waals surface area contributed by atoms with E-state index in [0.717, 1.165) is 0 Å². The standard InChI is InChI=1S/C14H12N4O3/c1-10(13-7-2-3-8-15-13)16-17-14(19)11-5-4-6-12(9-11)18(20)21/h2-9H,1H3,(H,17,19)/b16-10-. The molecule has 0 saturated heterocycles. The second kappa shape index (κ2) is 6.38. The summed E-state index contributed by atoms with van der Waals surface area (Å²) in [6.07, 6.45) is 1.62. The highest BCUT2D eigenvalue weighted by Crippen LogP contribution is 2.12. The van der Waals surface area contributed by atoms with Gasteiger partial charge in [0.2, 0.25) is 0 Å². The fraction of sp³-hybridized carbons (Fsp3) is 0.0714. The van der Waals surface area contributed by atoms with Crippen LogP contribution in [0.3, 0.4) is 0 Å². The van der Waals surface area contributed by atoms with Gasteiger partial charge in [-0.3, -0.25) is 19.9 Å². The van der Waals surface area contributed by atoms with Crippen molar-refractivity contribution in [3.05, 3.63) is 70.0 Å². The average molecular weight is 284 g/mol. The second-order valence-electron chi connectivity index (χ2n) is 4.16. The molecular formula is C14H12N4O3. The zero-order valence-electron chi connectivity index (χ0n) is 11.2. The molecule has 106 valence electrons. The van der Waals surface area contributed by atoms with Crippen LogP contribution in [0.25, 0.3) is 0 Å². The van der Waals surface area contributed by atoms with Gasteiger partial charge in [0.25, 0.3) is 11.6 Å². The Morgan fingerprint density at radius 3 is 2.76 bits per heavy atom. The molecular weight excluding hydrogens is 272 g/mol. The van der Waals surface area contributed by atoms with E-state index in [1.165, 1.54) is 24.3 Å². The number of pyridine rings is 1. The van der Waals surface area contributed by atoms with E-state index >= 15 is 0 Å². The number of nitrogens with one attached hydrogen (secondary N) is 1. The maximum Gasteiger partial charge on any atom is 0.271 e. The van der Waals surface area contributed by atoms with Gasteiger partial charge >= 0.3 is 0 Å². The summed E-state index contributed by atoms with van der Waals surface area (Å²) in [6.45, 7) is 1.70. The molecule has 1 amide bonds. The van der Waals surface area contributed by atoms with Crippen molar-refractivity contribution in [2.24, 2.45) is 5.10 Å². The highest BCUT2D eigenvalue weighted by molar-refractivity contribution is 5.99. The first-order valence-corrected chi connectivity index (χ1v) is 6.08. The number of aromatic nitrogens is 1. The van der Waals surface area contributed by atoms with Crippen LogP contribution in [0.5, 0.6) is 0 Å². The van der Waals surface area contributed by atoms with Crippen molar-refractivity contribution >= 4 is 17.3 Å². The fourth-order valence-electron chi connectivity index (χ4n) is 1.59. The monoisotopic (exact) mass is 284 g/mol. The van der Waals surface area contributed by atoms with Gasteiger partial charge in [-0.2, -0.15) is 5.10 Å². The lowest BCUT2D eigenvalue weighted by Crippen LogP contribution is -2.19. The van der Waals surface area contributed by atoms with Crippen molar-refractivity contribution in [3.63, 3.8) is 0 Å². The summed E-state index contributed by atoms with van der Waals surface area (Å²) in [5, 5.41) is 14.6. The van der Waals surface area contributed by atoms with E-state index in [1.54, 1.807) is 25.3 Å². The molecule has 1 N–H and O–H groups in total. The molecule has 1 heterocycles. The zero-order chi connectivity index (χ0) is 15.2. The molecule has 0 aliphatic heterocycles. The molecule has 0 radical (unpaired) electrons. The SMILES string of the molecule is C/C(=N/NC(=O)c1cccc([N+](=O)[O-])c1)c1ccccn1. The molecule has 0 atom stereocenters. The predicted octanol–water partition coefficient (Wildman–Crippen LogP) is 2.14. The quantitative estimate of drug-likeness (QED) is 0.528. The Kier molecular flexibility index (Phi) is 4.35. The molecule has 7 nitrogen and oxygen atoms in total. The van der Waals surface area contributed by atoms with Gasteiger partial charge in [-0.15, -0.1) is 0 Å². The largest absolute Gasteiger partial charge is 0.271 e. The van der Waals surface area contributed by atoms with Crippen LogP contribution in [-0.4, -0.2) is 21.5 Å². The van der Waals surface area contributed by atoms with Crippen molar-refractivity contribution in [1.82, 2.24) is 10.4 Å². The van der Waals surface area contributed by atoms with Gasteiger partial charge in [-0.05, 0) is 25.1 Å². The summed E-state index contributed by atoms with van der Waals surface area (Å²) < 4.78 is 0. The zero-order valence-corrected chi connectivity index (χ0v) is 11.2. The normalized spacial score (nSPS) is 11.0. The van der Waals surface area contributed by atoms with E-state index in [2.05, 4.69) is 15.5 Å². The molecule has 0 fully saturated rings. The Morgan fingerprint density at radius 1 is 1.29 bits per heavy atom. The number of hydrogen-bond donors (Lipinski definition) is 1. The van der Waals surface area contributed by atoms with Crippen LogP contribution in [0.1, 0.15) is 23.0 Å². The van der Waals surface area contributed by atoms with Crippen LogP contribution in [-0.2, 0) is 0 Å². The lowest BCUT2D eigenvalue weighted by Gasteiger charge is -2.02. The van der Waals surface area contributed by atoms with Gasteiger partial charge in [-0.25, -0.2) is 5.43 Å². The number of nitro benzene ring substituents is 1.